The van der Waals surface area contributed by atoms with E-state index in [0.717, 1.165) is 43.5 Å². The second-order valence-corrected chi connectivity index (χ2v) is 6.82. The highest BCUT2D eigenvalue weighted by Gasteiger charge is 2.40. The molecule has 0 aliphatic carbocycles. The molecule has 2 aliphatic heterocycles. The van der Waals surface area contributed by atoms with Gasteiger partial charge in [-0.1, -0.05) is 11.2 Å². The number of nitrogens with one attached hydrogen (secondary N) is 1. The maximum absolute atomic E-state index is 5.39. The Kier molecular flexibility index (Phi) is 4.31. The SMILES string of the molecule is Cl.c1csc(-c2noc(CN3CCC4(CCNC4)C3)n2)c1. The molecule has 7 heteroatoms. The van der Waals surface area contributed by atoms with E-state index in [1.165, 1.54) is 12.8 Å². The van der Waals surface area contributed by atoms with E-state index >= 15 is 0 Å². The van der Waals surface area contributed by atoms with Crippen LogP contribution in [0.15, 0.2) is 22.0 Å². The average Bonchev–Trinajstić information content (AvgIpc) is 3.21. The lowest BCUT2D eigenvalue weighted by atomic mass is 9.87. The minimum absolute atomic E-state index is 0. The molecule has 0 bridgehead atoms. The van der Waals surface area contributed by atoms with E-state index in [1.54, 1.807) is 11.3 Å². The Morgan fingerprint density at radius 2 is 2.38 bits per heavy atom. The molecule has 5 nitrogen and oxygen atoms in total. The quantitative estimate of drug-likeness (QED) is 0.938. The molecule has 1 N–H and O–H groups in total. The maximum Gasteiger partial charge on any atom is 0.241 e. The van der Waals surface area contributed by atoms with Crippen LogP contribution in [0.25, 0.3) is 10.7 Å². The van der Waals surface area contributed by atoms with Gasteiger partial charge in [-0.3, -0.25) is 4.90 Å². The number of rotatable bonds is 3. The smallest absolute Gasteiger partial charge is 0.241 e. The van der Waals surface area contributed by atoms with Gasteiger partial charge in [0.05, 0.1) is 11.4 Å². The van der Waals surface area contributed by atoms with Gasteiger partial charge in [0.25, 0.3) is 0 Å². The number of likely N-dealkylation sites (tertiary alicyclic amines) is 1. The van der Waals surface area contributed by atoms with E-state index in [0.29, 0.717) is 11.2 Å². The van der Waals surface area contributed by atoms with E-state index < -0.39 is 0 Å². The third-order valence-corrected chi connectivity index (χ3v) is 5.28. The summed E-state index contributed by atoms with van der Waals surface area (Å²) >= 11 is 1.64. The highest BCUT2D eigenvalue weighted by Crippen LogP contribution is 2.36. The van der Waals surface area contributed by atoms with Crippen LogP contribution in [-0.4, -0.2) is 41.2 Å². The summed E-state index contributed by atoms with van der Waals surface area (Å²) in [6, 6.07) is 4.03. The Morgan fingerprint density at radius 3 is 3.14 bits per heavy atom. The summed E-state index contributed by atoms with van der Waals surface area (Å²) in [6.07, 6.45) is 2.58. The fourth-order valence-corrected chi connectivity index (χ4v) is 3.97. The highest BCUT2D eigenvalue weighted by molar-refractivity contribution is 7.13. The number of nitrogens with zero attached hydrogens (tertiary/aromatic N) is 3. The van der Waals surface area contributed by atoms with E-state index in [-0.39, 0.29) is 12.4 Å². The molecule has 2 saturated heterocycles. The largest absolute Gasteiger partial charge is 0.338 e. The average molecular weight is 327 g/mol. The van der Waals surface area contributed by atoms with E-state index in [4.69, 9.17) is 4.52 Å². The fraction of sp³-hybridized carbons (Fsp3) is 0.571. The molecule has 1 atom stereocenters. The highest BCUT2D eigenvalue weighted by atomic mass is 35.5. The van der Waals surface area contributed by atoms with Crippen molar-refractivity contribution in [2.75, 3.05) is 26.2 Å². The van der Waals surface area contributed by atoms with Crippen molar-refractivity contribution in [3.05, 3.63) is 23.4 Å². The van der Waals surface area contributed by atoms with Gasteiger partial charge in [-0.15, -0.1) is 23.7 Å². The lowest BCUT2D eigenvalue weighted by molar-refractivity contribution is 0.236. The maximum atomic E-state index is 5.39. The van der Waals surface area contributed by atoms with Crippen molar-refractivity contribution in [3.8, 4) is 10.7 Å². The van der Waals surface area contributed by atoms with Crippen molar-refractivity contribution in [2.24, 2.45) is 5.41 Å². The minimum Gasteiger partial charge on any atom is -0.338 e. The molecule has 21 heavy (non-hydrogen) atoms. The summed E-state index contributed by atoms with van der Waals surface area (Å²) in [5.74, 6) is 1.45. The molecule has 114 valence electrons. The van der Waals surface area contributed by atoms with Crippen LogP contribution in [-0.2, 0) is 6.54 Å². The standard InChI is InChI=1S/C14H18N4OS.ClH/c1-2-11(20-7-1)13-16-12(19-17-13)8-18-6-4-14(10-18)3-5-15-9-14;/h1-2,7,15H,3-6,8-10H2;1H. The Hall–Kier alpha value is -0.950. The molecule has 0 saturated carbocycles. The fourth-order valence-electron chi connectivity index (χ4n) is 3.32. The topological polar surface area (TPSA) is 54.2 Å². The van der Waals surface area contributed by atoms with Gasteiger partial charge in [0, 0.05) is 13.1 Å². The van der Waals surface area contributed by atoms with Crippen LogP contribution in [0, 0.1) is 5.41 Å². The van der Waals surface area contributed by atoms with Crippen LogP contribution in [0.1, 0.15) is 18.7 Å². The van der Waals surface area contributed by atoms with Gasteiger partial charge >= 0.3 is 0 Å². The van der Waals surface area contributed by atoms with Crippen LogP contribution in [0.4, 0.5) is 0 Å². The van der Waals surface area contributed by atoms with Crippen molar-refractivity contribution in [2.45, 2.75) is 19.4 Å². The first kappa shape index (κ1) is 15.0. The van der Waals surface area contributed by atoms with Crippen LogP contribution >= 0.6 is 23.7 Å². The molecular weight excluding hydrogens is 308 g/mol. The second kappa shape index (κ2) is 6.04. The molecule has 1 spiro atoms. The summed E-state index contributed by atoms with van der Waals surface area (Å²) in [7, 11) is 0. The van der Waals surface area contributed by atoms with Crippen molar-refractivity contribution < 1.29 is 4.52 Å². The molecule has 4 rings (SSSR count). The van der Waals surface area contributed by atoms with E-state index in [9.17, 15) is 0 Å². The lowest BCUT2D eigenvalue weighted by Gasteiger charge is -2.21. The third-order valence-electron chi connectivity index (χ3n) is 4.42. The molecule has 2 aromatic rings. The number of hydrogen-bond donors (Lipinski definition) is 1. The van der Waals surface area contributed by atoms with Crippen LogP contribution in [0.5, 0.6) is 0 Å². The van der Waals surface area contributed by atoms with Gasteiger partial charge in [-0.05, 0) is 42.8 Å². The molecule has 2 aromatic heterocycles. The van der Waals surface area contributed by atoms with Gasteiger partial charge in [-0.25, -0.2) is 0 Å². The predicted molar refractivity (Wildman–Crippen MR) is 84.7 cm³/mol. The third kappa shape index (κ3) is 2.99. The number of hydrogen-bond acceptors (Lipinski definition) is 6. The van der Waals surface area contributed by atoms with E-state index in [2.05, 4.69) is 20.4 Å². The molecule has 0 amide bonds. The van der Waals surface area contributed by atoms with Crippen LogP contribution in [0.3, 0.4) is 0 Å². The van der Waals surface area contributed by atoms with Crippen LogP contribution < -0.4 is 5.32 Å². The normalized spacial score (nSPS) is 25.5. The van der Waals surface area contributed by atoms with Crippen molar-refractivity contribution >= 4 is 23.7 Å². The first-order valence-corrected chi connectivity index (χ1v) is 8.01. The number of aromatic nitrogens is 2. The second-order valence-electron chi connectivity index (χ2n) is 5.88. The number of thiophene rings is 1. The molecule has 0 radical (unpaired) electrons. The Balaban J connectivity index is 0.00000132. The van der Waals surface area contributed by atoms with Gasteiger partial charge in [0.2, 0.25) is 11.7 Å². The molecular formula is C14H19ClN4OS. The van der Waals surface area contributed by atoms with E-state index in [1.807, 2.05) is 17.5 Å². The summed E-state index contributed by atoms with van der Waals surface area (Å²) in [5, 5.41) is 9.59. The zero-order chi connectivity index (χ0) is 13.4. The van der Waals surface area contributed by atoms with Crippen molar-refractivity contribution in [1.29, 1.82) is 0 Å². The summed E-state index contributed by atoms with van der Waals surface area (Å²) in [4.78, 5) is 8.02. The zero-order valence-corrected chi connectivity index (χ0v) is 13.4. The monoisotopic (exact) mass is 326 g/mol. The molecule has 2 aliphatic rings. The minimum atomic E-state index is 0. The summed E-state index contributed by atoms with van der Waals surface area (Å²) in [5.41, 5.74) is 0.497. The Bertz CT molecular complexity index is 580. The predicted octanol–water partition coefficient (Wildman–Crippen LogP) is 2.41. The first-order chi connectivity index (χ1) is 9.83. The van der Waals surface area contributed by atoms with Gasteiger partial charge in [0.1, 0.15) is 0 Å². The summed E-state index contributed by atoms with van der Waals surface area (Å²) in [6.45, 7) is 5.39. The van der Waals surface area contributed by atoms with Gasteiger partial charge < -0.3 is 9.84 Å². The van der Waals surface area contributed by atoms with Crippen molar-refractivity contribution in [1.82, 2.24) is 20.4 Å². The Labute approximate surface area is 134 Å². The van der Waals surface area contributed by atoms with Gasteiger partial charge in [-0.2, -0.15) is 4.98 Å². The summed E-state index contributed by atoms with van der Waals surface area (Å²) < 4.78 is 5.39. The molecule has 0 aromatic carbocycles. The molecule has 4 heterocycles. The van der Waals surface area contributed by atoms with Gasteiger partial charge in [0.15, 0.2) is 0 Å². The molecule has 2 fully saturated rings. The first-order valence-electron chi connectivity index (χ1n) is 7.13. The zero-order valence-electron chi connectivity index (χ0n) is 11.7. The van der Waals surface area contributed by atoms with Crippen molar-refractivity contribution in [3.63, 3.8) is 0 Å². The lowest BCUT2D eigenvalue weighted by Crippen LogP contribution is -2.29. The molecule has 1 unspecified atom stereocenters. The number of halogens is 1. The Morgan fingerprint density at radius 1 is 1.43 bits per heavy atom. The van der Waals surface area contributed by atoms with Crippen LogP contribution in [0.2, 0.25) is 0 Å².